The van der Waals surface area contributed by atoms with Gasteiger partial charge in [0, 0.05) is 0 Å². The van der Waals surface area contributed by atoms with E-state index in [9.17, 15) is 56.2 Å². The molecule has 0 aromatic heterocycles. The van der Waals surface area contributed by atoms with Crippen LogP contribution in [-0.4, -0.2) is 168 Å². The van der Waals surface area contributed by atoms with E-state index >= 15 is 0 Å². The van der Waals surface area contributed by atoms with Crippen LogP contribution in [0.4, 0.5) is 0 Å². The van der Waals surface area contributed by atoms with Gasteiger partial charge in [0.2, 0.25) is 0 Å². The molecular weight excluding hydrogens is 472 g/mol. The molecule has 16 nitrogen and oxygen atoms in total. The van der Waals surface area contributed by atoms with E-state index in [4.69, 9.17) is 23.7 Å². The monoisotopic (exact) mass is 504 g/mol. The van der Waals surface area contributed by atoms with Gasteiger partial charge in [-0.2, -0.15) is 0 Å². The van der Waals surface area contributed by atoms with Crippen molar-refractivity contribution < 1.29 is 79.9 Å². The first-order valence-electron chi connectivity index (χ1n) is 10.6. The SMILES string of the molecule is OC[C@H]1O[C@H](O[C@@H]2[C@H](O)[C@@H](O)[C@H](O[C@H]3[C@H](O)[C@@H](O)[C@@H](O)O[C@@H]3CO)O[C@@H]2CO)[C@H](O)[C@@H](O)[C@H]1O. The molecule has 0 aromatic rings. The average molecular weight is 504 g/mol. The van der Waals surface area contributed by atoms with Crippen molar-refractivity contribution in [1.82, 2.24) is 0 Å². The molecule has 0 amide bonds. The normalized spacial score (nSPS) is 52.5. The summed E-state index contributed by atoms with van der Waals surface area (Å²) in [5, 5.41) is 109. The first kappa shape index (κ1) is 27.9. The highest BCUT2D eigenvalue weighted by atomic mass is 16.8. The van der Waals surface area contributed by atoms with E-state index in [-0.39, 0.29) is 0 Å². The van der Waals surface area contributed by atoms with Crippen molar-refractivity contribution in [2.75, 3.05) is 19.8 Å². The predicted octanol–water partition coefficient (Wildman–Crippen LogP) is -7.57. The molecule has 3 heterocycles. The maximum atomic E-state index is 10.6. The molecule has 0 spiro atoms. The van der Waals surface area contributed by atoms with Crippen molar-refractivity contribution in [2.45, 2.75) is 92.1 Å². The lowest BCUT2D eigenvalue weighted by molar-refractivity contribution is -0.377. The molecule has 0 bridgehead atoms. The Hall–Kier alpha value is -0.640. The second-order valence-electron chi connectivity index (χ2n) is 8.33. The summed E-state index contributed by atoms with van der Waals surface area (Å²) in [6, 6.07) is 0. The molecule has 11 N–H and O–H groups in total. The van der Waals surface area contributed by atoms with Gasteiger partial charge in [-0.1, -0.05) is 0 Å². The van der Waals surface area contributed by atoms with Gasteiger partial charge in [-0.3, -0.25) is 0 Å². The Labute approximate surface area is 192 Å². The molecule has 3 rings (SSSR count). The number of aliphatic hydroxyl groups excluding tert-OH is 11. The van der Waals surface area contributed by atoms with E-state index in [0.29, 0.717) is 0 Å². The maximum absolute atomic E-state index is 10.6. The van der Waals surface area contributed by atoms with Gasteiger partial charge in [0.1, 0.15) is 73.2 Å². The van der Waals surface area contributed by atoms with Crippen LogP contribution in [0, 0.1) is 0 Å². The number of aliphatic hydroxyl groups is 11. The maximum Gasteiger partial charge on any atom is 0.187 e. The number of hydrogen-bond acceptors (Lipinski definition) is 16. The Bertz CT molecular complexity index is 635. The molecule has 3 aliphatic heterocycles. The molecule has 16 heteroatoms. The minimum absolute atomic E-state index is 0.741. The van der Waals surface area contributed by atoms with Gasteiger partial charge in [0.15, 0.2) is 18.9 Å². The molecule has 0 aromatic carbocycles. The van der Waals surface area contributed by atoms with Crippen molar-refractivity contribution >= 4 is 0 Å². The fourth-order valence-electron chi connectivity index (χ4n) is 4.06. The van der Waals surface area contributed by atoms with Crippen LogP contribution < -0.4 is 0 Å². The van der Waals surface area contributed by atoms with E-state index < -0.39 is 112 Å². The molecule has 3 saturated heterocycles. The summed E-state index contributed by atoms with van der Waals surface area (Å²) in [5.41, 5.74) is 0. The zero-order valence-electron chi connectivity index (χ0n) is 17.7. The van der Waals surface area contributed by atoms with Gasteiger partial charge in [-0.25, -0.2) is 0 Å². The van der Waals surface area contributed by atoms with Gasteiger partial charge < -0.3 is 79.9 Å². The third kappa shape index (κ3) is 5.37. The van der Waals surface area contributed by atoms with Crippen LogP contribution in [-0.2, 0) is 23.7 Å². The van der Waals surface area contributed by atoms with Crippen LogP contribution in [0.25, 0.3) is 0 Å². The van der Waals surface area contributed by atoms with Crippen molar-refractivity contribution in [1.29, 1.82) is 0 Å². The Morgan fingerprint density at radius 3 is 1.35 bits per heavy atom. The minimum atomic E-state index is -1.91. The Morgan fingerprint density at radius 2 is 0.853 bits per heavy atom. The summed E-state index contributed by atoms with van der Waals surface area (Å²) >= 11 is 0. The standard InChI is InChI=1S/C18H32O16/c19-1-4-7(22)8(23)12(27)17(31-4)34-15-6(3-21)32-18(13(28)10(15)25)33-14-5(2-20)30-16(29)11(26)9(14)24/h4-29H,1-3H2/t4-,5-,6-,7+,8+,9-,10-,11-,12-,13-,14-,15+,16+,17-,18+/m1/s1. The van der Waals surface area contributed by atoms with Crippen LogP contribution in [0.3, 0.4) is 0 Å². The van der Waals surface area contributed by atoms with E-state index in [1.807, 2.05) is 0 Å². The lowest BCUT2D eigenvalue weighted by atomic mass is 9.96. The molecule has 3 fully saturated rings. The number of hydrogen-bond donors (Lipinski definition) is 11. The van der Waals surface area contributed by atoms with Crippen LogP contribution in [0.1, 0.15) is 0 Å². The Morgan fingerprint density at radius 1 is 0.441 bits per heavy atom. The quantitative estimate of drug-likeness (QED) is 0.154. The van der Waals surface area contributed by atoms with Crippen LogP contribution in [0.2, 0.25) is 0 Å². The second kappa shape index (κ2) is 11.6. The largest absolute Gasteiger partial charge is 0.394 e. The summed E-state index contributed by atoms with van der Waals surface area (Å²) in [6.07, 6.45) is -25.1. The van der Waals surface area contributed by atoms with Gasteiger partial charge in [-0.15, -0.1) is 0 Å². The molecular formula is C18H32O16. The van der Waals surface area contributed by atoms with Crippen molar-refractivity contribution in [3.63, 3.8) is 0 Å². The average Bonchev–Trinajstić information content (AvgIpc) is 2.83. The van der Waals surface area contributed by atoms with Gasteiger partial charge in [0.05, 0.1) is 19.8 Å². The molecule has 0 radical (unpaired) electrons. The van der Waals surface area contributed by atoms with Crippen LogP contribution in [0.5, 0.6) is 0 Å². The summed E-state index contributed by atoms with van der Waals surface area (Å²) in [4.78, 5) is 0. The fourth-order valence-corrected chi connectivity index (χ4v) is 4.06. The predicted molar refractivity (Wildman–Crippen MR) is 101 cm³/mol. The lowest BCUT2D eigenvalue weighted by Gasteiger charge is -2.47. The first-order chi connectivity index (χ1) is 16.0. The van der Waals surface area contributed by atoms with Gasteiger partial charge in [0.25, 0.3) is 0 Å². The third-order valence-electron chi connectivity index (χ3n) is 6.09. The zero-order chi connectivity index (χ0) is 25.3. The molecule has 0 unspecified atom stereocenters. The van der Waals surface area contributed by atoms with E-state index in [1.54, 1.807) is 0 Å². The molecule has 200 valence electrons. The minimum Gasteiger partial charge on any atom is -0.394 e. The number of rotatable bonds is 7. The summed E-state index contributed by atoms with van der Waals surface area (Å²) in [7, 11) is 0. The topological polar surface area (TPSA) is 269 Å². The molecule has 3 aliphatic rings. The summed E-state index contributed by atoms with van der Waals surface area (Å²) < 4.78 is 26.4. The first-order valence-corrected chi connectivity index (χ1v) is 10.6. The van der Waals surface area contributed by atoms with Crippen molar-refractivity contribution in [2.24, 2.45) is 0 Å². The van der Waals surface area contributed by atoms with Crippen molar-refractivity contribution in [3.8, 4) is 0 Å². The Balaban J connectivity index is 1.72. The molecule has 15 atom stereocenters. The lowest BCUT2D eigenvalue weighted by Crippen LogP contribution is -2.66. The highest BCUT2D eigenvalue weighted by Gasteiger charge is 2.53. The van der Waals surface area contributed by atoms with E-state index in [1.165, 1.54) is 0 Å². The van der Waals surface area contributed by atoms with E-state index in [0.717, 1.165) is 0 Å². The third-order valence-corrected chi connectivity index (χ3v) is 6.09. The zero-order valence-corrected chi connectivity index (χ0v) is 17.7. The fraction of sp³-hybridized carbons (Fsp3) is 1.00. The summed E-state index contributed by atoms with van der Waals surface area (Å²) in [6.45, 7) is -2.32. The highest BCUT2D eigenvalue weighted by molar-refractivity contribution is 4.96. The Kier molecular flexibility index (Phi) is 9.54. The molecule has 0 aliphatic carbocycles. The van der Waals surface area contributed by atoms with Crippen LogP contribution in [0.15, 0.2) is 0 Å². The molecule has 0 saturated carbocycles. The van der Waals surface area contributed by atoms with Gasteiger partial charge >= 0.3 is 0 Å². The van der Waals surface area contributed by atoms with Crippen LogP contribution >= 0.6 is 0 Å². The van der Waals surface area contributed by atoms with E-state index in [2.05, 4.69) is 0 Å². The smallest absolute Gasteiger partial charge is 0.187 e. The highest BCUT2D eigenvalue weighted by Crippen LogP contribution is 2.32. The second-order valence-corrected chi connectivity index (χ2v) is 8.33. The number of ether oxygens (including phenoxy) is 5. The molecule has 34 heavy (non-hydrogen) atoms. The van der Waals surface area contributed by atoms with Crippen molar-refractivity contribution in [3.05, 3.63) is 0 Å². The van der Waals surface area contributed by atoms with Gasteiger partial charge in [-0.05, 0) is 0 Å². The summed E-state index contributed by atoms with van der Waals surface area (Å²) in [5.74, 6) is 0.